The van der Waals surface area contributed by atoms with Crippen LogP contribution in [0.3, 0.4) is 0 Å². The second kappa shape index (κ2) is 11.0. The summed E-state index contributed by atoms with van der Waals surface area (Å²) in [6, 6.07) is 17.2. The zero-order chi connectivity index (χ0) is 28.3. The molecule has 0 amide bonds. The van der Waals surface area contributed by atoms with Gasteiger partial charge in [-0.25, -0.2) is 18.4 Å². The van der Waals surface area contributed by atoms with E-state index in [2.05, 4.69) is 15.1 Å². The first-order chi connectivity index (χ1) is 19.3. The molecule has 1 aromatic carbocycles. The number of nitrogens with two attached hydrogens (primary N) is 2. The molecule has 40 heavy (non-hydrogen) atoms. The van der Waals surface area contributed by atoms with Crippen molar-refractivity contribution < 1.29 is 8.42 Å². The second-order valence-corrected chi connectivity index (χ2v) is 11.0. The van der Waals surface area contributed by atoms with Gasteiger partial charge in [0.2, 0.25) is 0 Å². The number of anilines is 3. The first-order valence-corrected chi connectivity index (χ1v) is 14.3. The van der Waals surface area contributed by atoms with Crippen LogP contribution in [0, 0.1) is 0 Å². The number of rotatable bonds is 8. The summed E-state index contributed by atoms with van der Waals surface area (Å²) < 4.78 is 26.9. The molecule has 5 rings (SSSR count). The Morgan fingerprint density at radius 3 is 2.42 bits per heavy atom. The van der Waals surface area contributed by atoms with Crippen molar-refractivity contribution in [2.75, 3.05) is 22.6 Å². The number of hydrogen-bond donors (Lipinski definition) is 2. The Hall–Kier alpha value is -5.03. The van der Waals surface area contributed by atoms with Crippen molar-refractivity contribution in [3.63, 3.8) is 0 Å². The average molecular weight is 553 g/mol. The lowest BCUT2D eigenvalue weighted by Gasteiger charge is -2.16. The van der Waals surface area contributed by atoms with Crippen molar-refractivity contribution >= 4 is 32.8 Å². The highest BCUT2D eigenvalue weighted by Crippen LogP contribution is 2.30. The topological polar surface area (TPSA) is 145 Å². The molecule has 5 aromatic rings. The summed E-state index contributed by atoms with van der Waals surface area (Å²) in [4.78, 5) is 15.4. The molecule has 0 atom stereocenters. The quantitative estimate of drug-likeness (QED) is 0.284. The number of fused-ring (bicyclic) bond motifs is 1. The summed E-state index contributed by atoms with van der Waals surface area (Å²) >= 11 is 0. The second-order valence-electron chi connectivity index (χ2n) is 9.03. The SMILES string of the molecule is C/C=C\N(/C=C\Cc1nc2c(-c3ccc(-c4ccccc4)nc3)cnn2c(N)c1S(C)(=O)=O)c1ncccc1N. The highest BCUT2D eigenvalue weighted by Gasteiger charge is 2.23. The van der Waals surface area contributed by atoms with Crippen LogP contribution in [0.25, 0.3) is 28.0 Å². The summed E-state index contributed by atoms with van der Waals surface area (Å²) in [6.07, 6.45) is 13.5. The largest absolute Gasteiger partial charge is 0.396 e. The summed E-state index contributed by atoms with van der Waals surface area (Å²) in [5.74, 6) is 0.544. The van der Waals surface area contributed by atoms with E-state index >= 15 is 0 Å². The van der Waals surface area contributed by atoms with Gasteiger partial charge >= 0.3 is 0 Å². The van der Waals surface area contributed by atoms with Gasteiger partial charge in [0.05, 0.1) is 23.3 Å². The molecular formula is C29H28N8O2S. The number of aromatic nitrogens is 5. The third kappa shape index (κ3) is 5.27. The van der Waals surface area contributed by atoms with Gasteiger partial charge < -0.3 is 16.4 Å². The summed E-state index contributed by atoms with van der Waals surface area (Å²) in [6.45, 7) is 1.88. The van der Waals surface area contributed by atoms with Crippen LogP contribution in [0.15, 0.2) is 103 Å². The highest BCUT2D eigenvalue weighted by atomic mass is 32.2. The highest BCUT2D eigenvalue weighted by molar-refractivity contribution is 7.91. The monoisotopic (exact) mass is 552 g/mol. The molecule has 0 fully saturated rings. The molecule has 0 saturated carbocycles. The molecule has 0 unspecified atom stereocenters. The molecule has 202 valence electrons. The average Bonchev–Trinajstić information content (AvgIpc) is 3.37. The van der Waals surface area contributed by atoms with Crippen LogP contribution >= 0.6 is 0 Å². The molecule has 4 aromatic heterocycles. The van der Waals surface area contributed by atoms with E-state index in [-0.39, 0.29) is 17.1 Å². The Kier molecular flexibility index (Phi) is 7.30. The van der Waals surface area contributed by atoms with Crippen LogP contribution in [-0.2, 0) is 16.3 Å². The number of allylic oxidation sites excluding steroid dienone is 2. The van der Waals surface area contributed by atoms with Crippen molar-refractivity contribution in [1.82, 2.24) is 24.6 Å². The van der Waals surface area contributed by atoms with Crippen LogP contribution in [0.1, 0.15) is 12.6 Å². The van der Waals surface area contributed by atoms with Gasteiger partial charge in [-0.15, -0.1) is 0 Å². The molecule has 11 heteroatoms. The summed E-state index contributed by atoms with van der Waals surface area (Å²) in [5, 5.41) is 4.35. The minimum atomic E-state index is -3.72. The van der Waals surface area contributed by atoms with E-state index in [1.807, 2.05) is 55.5 Å². The van der Waals surface area contributed by atoms with Gasteiger partial charge in [-0.1, -0.05) is 48.6 Å². The Labute approximate surface area is 232 Å². The number of nitrogen functional groups attached to an aromatic ring is 2. The van der Waals surface area contributed by atoms with Gasteiger partial charge in [-0.2, -0.15) is 9.61 Å². The maximum absolute atomic E-state index is 12.8. The number of hydrogen-bond acceptors (Lipinski definition) is 9. The fraction of sp³-hybridized carbons (Fsp3) is 0.103. The van der Waals surface area contributed by atoms with Crippen LogP contribution < -0.4 is 16.4 Å². The van der Waals surface area contributed by atoms with Crippen LogP contribution in [0.5, 0.6) is 0 Å². The van der Waals surface area contributed by atoms with E-state index in [4.69, 9.17) is 16.5 Å². The summed E-state index contributed by atoms with van der Waals surface area (Å²) in [5.41, 5.74) is 17.0. The van der Waals surface area contributed by atoms with E-state index in [1.165, 1.54) is 4.52 Å². The van der Waals surface area contributed by atoms with Gasteiger partial charge in [-0.3, -0.25) is 4.98 Å². The molecule has 0 radical (unpaired) electrons. The summed E-state index contributed by atoms with van der Waals surface area (Å²) in [7, 11) is -3.72. The number of benzene rings is 1. The zero-order valence-corrected chi connectivity index (χ0v) is 22.8. The molecule has 0 aliphatic rings. The lowest BCUT2D eigenvalue weighted by molar-refractivity contribution is 0.600. The van der Waals surface area contributed by atoms with Crippen LogP contribution in [0.2, 0.25) is 0 Å². The number of sulfone groups is 1. The van der Waals surface area contributed by atoms with Crippen molar-refractivity contribution in [3.8, 4) is 22.4 Å². The molecule has 0 bridgehead atoms. The molecule has 10 nitrogen and oxygen atoms in total. The zero-order valence-electron chi connectivity index (χ0n) is 22.0. The Balaban J connectivity index is 1.55. The molecule has 4 heterocycles. The standard InChI is InChI=1S/C29H28N8O2S/c1-3-16-36(29-23(30)11-7-15-32-29)17-8-12-25-26(40(2,38)39)27(31)37-28(35-25)22(19-34-37)21-13-14-24(33-18-21)20-9-5-4-6-10-20/h3-11,13-19H,12,30-31H2,1-2H3/b16-3-,17-8-. The predicted molar refractivity (Wildman–Crippen MR) is 158 cm³/mol. The fourth-order valence-electron chi connectivity index (χ4n) is 4.38. The first kappa shape index (κ1) is 26.6. The van der Waals surface area contributed by atoms with Gasteiger partial charge in [0, 0.05) is 54.2 Å². The maximum Gasteiger partial charge on any atom is 0.180 e. The van der Waals surface area contributed by atoms with E-state index in [9.17, 15) is 8.42 Å². The first-order valence-electron chi connectivity index (χ1n) is 12.4. The van der Waals surface area contributed by atoms with Crippen molar-refractivity contribution in [2.24, 2.45) is 0 Å². The van der Waals surface area contributed by atoms with Crippen molar-refractivity contribution in [3.05, 3.63) is 103 Å². The van der Waals surface area contributed by atoms with E-state index in [0.29, 0.717) is 28.4 Å². The van der Waals surface area contributed by atoms with Crippen LogP contribution in [0.4, 0.5) is 17.3 Å². The normalized spacial score (nSPS) is 12.1. The van der Waals surface area contributed by atoms with Gasteiger partial charge in [0.1, 0.15) is 10.7 Å². The molecule has 0 saturated heterocycles. The lowest BCUT2D eigenvalue weighted by atomic mass is 10.1. The molecule has 0 aliphatic carbocycles. The molecular weight excluding hydrogens is 524 g/mol. The van der Waals surface area contributed by atoms with E-state index < -0.39 is 9.84 Å². The molecule has 0 aliphatic heterocycles. The van der Waals surface area contributed by atoms with Crippen molar-refractivity contribution in [1.29, 1.82) is 0 Å². The molecule has 4 N–H and O–H groups in total. The van der Waals surface area contributed by atoms with E-state index in [0.717, 1.165) is 23.1 Å². The lowest BCUT2D eigenvalue weighted by Crippen LogP contribution is -2.14. The predicted octanol–water partition coefficient (Wildman–Crippen LogP) is 4.52. The third-order valence-corrected chi connectivity index (χ3v) is 7.36. The van der Waals surface area contributed by atoms with Gasteiger partial charge in [0.15, 0.2) is 21.3 Å². The van der Waals surface area contributed by atoms with Crippen molar-refractivity contribution in [2.45, 2.75) is 18.2 Å². The fourth-order valence-corrected chi connectivity index (χ4v) is 5.41. The Morgan fingerprint density at radius 2 is 1.75 bits per heavy atom. The number of nitrogens with zero attached hydrogens (tertiary/aromatic N) is 6. The Morgan fingerprint density at radius 1 is 0.950 bits per heavy atom. The third-order valence-electron chi connectivity index (χ3n) is 6.17. The van der Waals surface area contributed by atoms with Gasteiger partial charge in [0.25, 0.3) is 0 Å². The van der Waals surface area contributed by atoms with Gasteiger partial charge in [-0.05, 0) is 25.1 Å². The number of pyridine rings is 2. The van der Waals surface area contributed by atoms with Crippen LogP contribution in [-0.4, -0.2) is 39.2 Å². The minimum Gasteiger partial charge on any atom is -0.396 e. The Bertz CT molecular complexity index is 1830. The smallest absolute Gasteiger partial charge is 0.180 e. The van der Waals surface area contributed by atoms with E-state index in [1.54, 1.807) is 54.1 Å². The molecule has 0 spiro atoms. The minimum absolute atomic E-state index is 0.00436. The maximum atomic E-state index is 12.8.